The molecule has 4 nitrogen and oxygen atoms in total. The Kier molecular flexibility index (Phi) is 4.18. The molecule has 0 radical (unpaired) electrons. The Hall–Kier alpha value is -0.610. The maximum Gasteiger partial charge on any atom is 0.241 e. The Balaban J connectivity index is 1.91. The highest BCUT2D eigenvalue weighted by molar-refractivity contribution is 5.82. The van der Waals surface area contributed by atoms with Crippen LogP contribution in [0, 0.1) is 0 Å². The molecule has 2 N–H and O–H groups in total. The summed E-state index contributed by atoms with van der Waals surface area (Å²) >= 11 is 0. The molecule has 0 aromatic heterocycles. The summed E-state index contributed by atoms with van der Waals surface area (Å²) in [7, 11) is 0. The summed E-state index contributed by atoms with van der Waals surface area (Å²) in [6, 6.07) is 0.507. The molecule has 2 aliphatic rings. The van der Waals surface area contributed by atoms with Gasteiger partial charge in [-0.15, -0.1) is 0 Å². The van der Waals surface area contributed by atoms with Crippen LogP contribution in [0.3, 0.4) is 0 Å². The van der Waals surface area contributed by atoms with Crippen LogP contribution in [-0.4, -0.2) is 49.1 Å². The minimum Gasteiger partial charge on any atom is -0.338 e. The maximum atomic E-state index is 12.3. The highest BCUT2D eigenvalue weighted by Gasteiger charge is 2.32. The summed E-state index contributed by atoms with van der Waals surface area (Å²) < 4.78 is 0. The Bertz CT molecular complexity index is 238. The lowest BCUT2D eigenvalue weighted by Gasteiger charge is -2.31. The van der Waals surface area contributed by atoms with Crippen molar-refractivity contribution in [3.8, 4) is 0 Å². The standard InChI is InChI=1S/C12H23N3O/c1-2-4-10-5-3-8-15(10)12(16)11-9-13-6-7-14-11/h10-11,13-14H,2-9H2,1H3. The SMILES string of the molecule is CCCC1CCCN1C(=O)C1CNCCN1. The molecule has 2 fully saturated rings. The molecule has 2 rings (SSSR count). The molecule has 0 aliphatic carbocycles. The predicted molar refractivity (Wildman–Crippen MR) is 64.3 cm³/mol. The second-order valence-corrected chi connectivity index (χ2v) is 4.83. The van der Waals surface area contributed by atoms with E-state index in [4.69, 9.17) is 0 Å². The number of nitrogens with one attached hydrogen (secondary N) is 2. The molecular weight excluding hydrogens is 202 g/mol. The zero-order valence-electron chi connectivity index (χ0n) is 10.2. The Morgan fingerprint density at radius 3 is 3.00 bits per heavy atom. The van der Waals surface area contributed by atoms with Crippen molar-refractivity contribution in [3.05, 3.63) is 0 Å². The van der Waals surface area contributed by atoms with E-state index in [1.54, 1.807) is 0 Å². The van der Waals surface area contributed by atoms with Crippen molar-refractivity contribution in [2.75, 3.05) is 26.2 Å². The number of piperazine rings is 1. The number of rotatable bonds is 3. The zero-order chi connectivity index (χ0) is 11.4. The Labute approximate surface area is 97.8 Å². The third-order valence-electron chi connectivity index (χ3n) is 3.62. The van der Waals surface area contributed by atoms with Crippen LogP contribution in [0.2, 0.25) is 0 Å². The molecule has 2 heterocycles. The van der Waals surface area contributed by atoms with Crippen LogP contribution in [0.25, 0.3) is 0 Å². The fraction of sp³-hybridized carbons (Fsp3) is 0.917. The van der Waals surface area contributed by atoms with Gasteiger partial charge in [-0.3, -0.25) is 4.79 Å². The van der Waals surface area contributed by atoms with Crippen LogP contribution in [0.1, 0.15) is 32.6 Å². The van der Waals surface area contributed by atoms with Gasteiger partial charge in [0, 0.05) is 32.2 Å². The average molecular weight is 225 g/mol. The summed E-state index contributed by atoms with van der Waals surface area (Å²) in [5.41, 5.74) is 0. The van der Waals surface area contributed by atoms with E-state index < -0.39 is 0 Å². The largest absolute Gasteiger partial charge is 0.338 e. The van der Waals surface area contributed by atoms with E-state index in [2.05, 4.69) is 22.5 Å². The quantitative estimate of drug-likeness (QED) is 0.728. The maximum absolute atomic E-state index is 12.3. The van der Waals surface area contributed by atoms with Gasteiger partial charge in [0.15, 0.2) is 0 Å². The topological polar surface area (TPSA) is 44.4 Å². The molecule has 0 bridgehead atoms. The minimum atomic E-state index is 0.00575. The number of carbonyl (C=O) groups excluding carboxylic acids is 1. The van der Waals surface area contributed by atoms with Gasteiger partial charge in [-0.25, -0.2) is 0 Å². The summed E-state index contributed by atoms with van der Waals surface area (Å²) in [5, 5.41) is 6.58. The number of amides is 1. The van der Waals surface area contributed by atoms with Crippen LogP contribution in [0.5, 0.6) is 0 Å². The van der Waals surface area contributed by atoms with Crippen LogP contribution >= 0.6 is 0 Å². The molecule has 2 aliphatic heterocycles. The van der Waals surface area contributed by atoms with Gasteiger partial charge in [0.2, 0.25) is 5.91 Å². The number of carbonyl (C=O) groups is 1. The molecular formula is C12H23N3O. The molecule has 4 heteroatoms. The highest BCUT2D eigenvalue weighted by atomic mass is 16.2. The lowest BCUT2D eigenvalue weighted by Crippen LogP contribution is -2.57. The van der Waals surface area contributed by atoms with E-state index in [1.165, 1.54) is 19.3 Å². The number of hydrogen-bond acceptors (Lipinski definition) is 3. The van der Waals surface area contributed by atoms with Gasteiger partial charge in [0.25, 0.3) is 0 Å². The number of nitrogens with zero attached hydrogens (tertiary/aromatic N) is 1. The molecule has 0 aromatic rings. The van der Waals surface area contributed by atoms with E-state index in [9.17, 15) is 4.79 Å². The molecule has 0 aromatic carbocycles. The van der Waals surface area contributed by atoms with Crippen LogP contribution in [0.4, 0.5) is 0 Å². The molecule has 16 heavy (non-hydrogen) atoms. The number of hydrogen-bond donors (Lipinski definition) is 2. The van der Waals surface area contributed by atoms with E-state index in [-0.39, 0.29) is 6.04 Å². The Morgan fingerprint density at radius 2 is 2.31 bits per heavy atom. The van der Waals surface area contributed by atoms with Crippen molar-refractivity contribution in [1.82, 2.24) is 15.5 Å². The lowest BCUT2D eigenvalue weighted by molar-refractivity contribution is -0.134. The second kappa shape index (κ2) is 5.64. The van der Waals surface area contributed by atoms with Gasteiger partial charge in [-0.1, -0.05) is 13.3 Å². The third kappa shape index (κ3) is 2.55. The predicted octanol–water partition coefficient (Wildman–Crippen LogP) is 0.339. The fourth-order valence-corrected chi connectivity index (χ4v) is 2.79. The van der Waals surface area contributed by atoms with Crippen molar-refractivity contribution in [1.29, 1.82) is 0 Å². The minimum absolute atomic E-state index is 0.00575. The summed E-state index contributed by atoms with van der Waals surface area (Å²) in [6.07, 6.45) is 4.70. The van der Waals surface area contributed by atoms with E-state index in [1.807, 2.05) is 0 Å². The first-order valence-corrected chi connectivity index (χ1v) is 6.57. The summed E-state index contributed by atoms with van der Waals surface area (Å²) in [4.78, 5) is 14.4. The first-order chi connectivity index (χ1) is 7.83. The van der Waals surface area contributed by atoms with Gasteiger partial charge < -0.3 is 15.5 Å². The first kappa shape index (κ1) is 11.9. The van der Waals surface area contributed by atoms with Crippen LogP contribution < -0.4 is 10.6 Å². The zero-order valence-corrected chi connectivity index (χ0v) is 10.2. The third-order valence-corrected chi connectivity index (χ3v) is 3.62. The van der Waals surface area contributed by atoms with Crippen LogP contribution in [-0.2, 0) is 4.79 Å². The number of likely N-dealkylation sites (tertiary alicyclic amines) is 1. The lowest BCUT2D eigenvalue weighted by atomic mass is 10.1. The van der Waals surface area contributed by atoms with Crippen molar-refractivity contribution in [2.24, 2.45) is 0 Å². The molecule has 0 saturated carbocycles. The molecule has 92 valence electrons. The summed E-state index contributed by atoms with van der Waals surface area (Å²) in [6.45, 7) is 5.82. The second-order valence-electron chi connectivity index (χ2n) is 4.83. The van der Waals surface area contributed by atoms with Gasteiger partial charge in [-0.05, 0) is 19.3 Å². The van der Waals surface area contributed by atoms with E-state index in [0.29, 0.717) is 11.9 Å². The van der Waals surface area contributed by atoms with Gasteiger partial charge in [-0.2, -0.15) is 0 Å². The van der Waals surface area contributed by atoms with E-state index >= 15 is 0 Å². The summed E-state index contributed by atoms with van der Waals surface area (Å²) in [5.74, 6) is 0.308. The highest BCUT2D eigenvalue weighted by Crippen LogP contribution is 2.22. The average Bonchev–Trinajstić information content (AvgIpc) is 2.78. The molecule has 1 amide bonds. The van der Waals surface area contributed by atoms with Crippen molar-refractivity contribution in [3.63, 3.8) is 0 Å². The van der Waals surface area contributed by atoms with Gasteiger partial charge in [0.05, 0.1) is 6.04 Å². The first-order valence-electron chi connectivity index (χ1n) is 6.57. The Morgan fingerprint density at radius 1 is 1.44 bits per heavy atom. The van der Waals surface area contributed by atoms with Crippen molar-refractivity contribution in [2.45, 2.75) is 44.7 Å². The van der Waals surface area contributed by atoms with E-state index in [0.717, 1.165) is 32.6 Å². The normalized spacial score (nSPS) is 30.7. The molecule has 2 saturated heterocycles. The van der Waals surface area contributed by atoms with Gasteiger partial charge >= 0.3 is 0 Å². The molecule has 2 atom stereocenters. The van der Waals surface area contributed by atoms with Crippen LogP contribution in [0.15, 0.2) is 0 Å². The molecule has 0 spiro atoms. The van der Waals surface area contributed by atoms with Crippen molar-refractivity contribution < 1.29 is 4.79 Å². The monoisotopic (exact) mass is 225 g/mol. The van der Waals surface area contributed by atoms with Crippen molar-refractivity contribution >= 4 is 5.91 Å². The molecule has 2 unspecified atom stereocenters. The fourth-order valence-electron chi connectivity index (χ4n) is 2.79. The smallest absolute Gasteiger partial charge is 0.241 e. The van der Waals surface area contributed by atoms with Gasteiger partial charge in [0.1, 0.15) is 0 Å².